The third kappa shape index (κ3) is 2.72. The molecule has 1 rings (SSSR count). The minimum absolute atomic E-state index is 0.0674. The molecule has 0 unspecified atom stereocenters. The van der Waals surface area contributed by atoms with Gasteiger partial charge < -0.3 is 0 Å². The van der Waals surface area contributed by atoms with E-state index in [1.165, 1.54) is 11.8 Å². The first-order valence-corrected chi connectivity index (χ1v) is 5.08. The minimum Gasteiger partial charge on any atom is -0.293 e. The van der Waals surface area contributed by atoms with Crippen LogP contribution in [0.5, 0.6) is 0 Å². The van der Waals surface area contributed by atoms with Crippen LogP contribution in [-0.4, -0.2) is 9.98 Å². The highest BCUT2D eigenvalue weighted by Gasteiger charge is 2.24. The second kappa shape index (κ2) is 3.30. The van der Waals surface area contributed by atoms with Crippen molar-refractivity contribution in [2.24, 2.45) is 5.41 Å². The summed E-state index contributed by atoms with van der Waals surface area (Å²) in [6.07, 6.45) is 2.45. The smallest absolute Gasteiger partial charge is 0.175 e. The maximum absolute atomic E-state index is 11.3. The molecule has 0 aliphatic carbocycles. The first-order valence-electron chi connectivity index (χ1n) is 3.85. The Labute approximate surface area is 82.6 Å². The van der Waals surface area contributed by atoms with E-state index in [0.717, 1.165) is 9.10 Å². The summed E-state index contributed by atoms with van der Waals surface area (Å²) in [5, 5.41) is 0. The van der Waals surface area contributed by atoms with Crippen LogP contribution >= 0.6 is 24.0 Å². The van der Waals surface area contributed by atoms with Gasteiger partial charge in [-0.3, -0.25) is 4.79 Å². The molecule has 1 heterocycles. The molecule has 1 saturated heterocycles. The van der Waals surface area contributed by atoms with E-state index < -0.39 is 0 Å². The number of Topliss-reactive ketones (excluding diaryl/α,β-unsaturated/α-hetero) is 1. The van der Waals surface area contributed by atoms with E-state index >= 15 is 0 Å². The van der Waals surface area contributed by atoms with Crippen molar-refractivity contribution in [2.75, 3.05) is 0 Å². The standard InChI is InChI=1S/C9H12OS2/c1-9(2,3)5-7-6(10)4-8(11)12-7/h5H,4H2,1-3H3/b7-5-. The number of rotatable bonds is 0. The maximum atomic E-state index is 11.3. The van der Waals surface area contributed by atoms with Crippen molar-refractivity contribution in [3.8, 4) is 0 Å². The first kappa shape index (κ1) is 9.93. The Hall–Kier alpha value is -0.150. The summed E-state index contributed by atoms with van der Waals surface area (Å²) in [6, 6.07) is 0. The Balaban J connectivity index is 2.84. The van der Waals surface area contributed by atoms with Crippen molar-refractivity contribution in [2.45, 2.75) is 27.2 Å². The molecule has 0 aromatic rings. The lowest BCUT2D eigenvalue weighted by Gasteiger charge is -2.12. The molecular weight excluding hydrogens is 188 g/mol. The average molecular weight is 200 g/mol. The Bertz CT molecular complexity index is 258. The number of allylic oxidation sites excluding steroid dienone is 2. The lowest BCUT2D eigenvalue weighted by Crippen LogP contribution is -2.02. The van der Waals surface area contributed by atoms with Crippen molar-refractivity contribution in [1.82, 2.24) is 0 Å². The largest absolute Gasteiger partial charge is 0.293 e. The van der Waals surface area contributed by atoms with Gasteiger partial charge in [-0.05, 0) is 5.41 Å². The van der Waals surface area contributed by atoms with Gasteiger partial charge in [-0.1, -0.05) is 50.8 Å². The van der Waals surface area contributed by atoms with Crippen LogP contribution in [0.4, 0.5) is 0 Å². The SMILES string of the molecule is CC(C)(C)/C=C1\SC(=S)CC1=O. The van der Waals surface area contributed by atoms with Gasteiger partial charge in [0.25, 0.3) is 0 Å². The van der Waals surface area contributed by atoms with Crippen molar-refractivity contribution in [1.29, 1.82) is 0 Å². The molecule has 0 aromatic heterocycles. The quantitative estimate of drug-likeness (QED) is 0.442. The van der Waals surface area contributed by atoms with Crippen LogP contribution in [0.25, 0.3) is 0 Å². The van der Waals surface area contributed by atoms with Gasteiger partial charge in [-0.25, -0.2) is 0 Å². The van der Waals surface area contributed by atoms with Gasteiger partial charge in [0, 0.05) is 0 Å². The van der Waals surface area contributed by atoms with E-state index in [1.807, 2.05) is 6.08 Å². The fourth-order valence-electron chi connectivity index (χ4n) is 0.937. The number of hydrogen-bond acceptors (Lipinski definition) is 3. The zero-order valence-electron chi connectivity index (χ0n) is 7.51. The zero-order chi connectivity index (χ0) is 9.35. The third-order valence-electron chi connectivity index (χ3n) is 1.37. The van der Waals surface area contributed by atoms with Gasteiger partial charge in [-0.2, -0.15) is 0 Å². The van der Waals surface area contributed by atoms with Crippen molar-refractivity contribution < 1.29 is 4.79 Å². The number of carbonyl (C=O) groups excluding carboxylic acids is 1. The molecule has 0 saturated carbocycles. The van der Waals surface area contributed by atoms with Crippen LogP contribution in [0.3, 0.4) is 0 Å². The van der Waals surface area contributed by atoms with Crippen molar-refractivity contribution >= 4 is 34.0 Å². The number of thioether (sulfide) groups is 1. The van der Waals surface area contributed by atoms with Gasteiger partial charge >= 0.3 is 0 Å². The van der Waals surface area contributed by atoms with Gasteiger partial charge in [0.05, 0.1) is 15.5 Å². The lowest BCUT2D eigenvalue weighted by molar-refractivity contribution is -0.113. The van der Waals surface area contributed by atoms with E-state index in [2.05, 4.69) is 20.8 Å². The molecule has 0 aromatic carbocycles. The molecule has 1 fully saturated rings. The maximum Gasteiger partial charge on any atom is 0.175 e. The summed E-state index contributed by atoms with van der Waals surface area (Å²) in [6.45, 7) is 6.24. The summed E-state index contributed by atoms with van der Waals surface area (Å²) < 4.78 is 0.801. The molecular formula is C9H12OS2. The van der Waals surface area contributed by atoms with Crippen LogP contribution in [-0.2, 0) is 4.79 Å². The third-order valence-corrected chi connectivity index (χ3v) is 2.70. The first-order chi connectivity index (χ1) is 5.38. The van der Waals surface area contributed by atoms with Gasteiger partial charge in [-0.15, -0.1) is 0 Å². The highest BCUT2D eigenvalue weighted by molar-refractivity contribution is 8.27. The highest BCUT2D eigenvalue weighted by atomic mass is 32.2. The molecule has 1 aliphatic rings. The summed E-state index contributed by atoms with van der Waals surface area (Å²) in [5.74, 6) is 0.180. The topological polar surface area (TPSA) is 17.1 Å². The summed E-state index contributed by atoms with van der Waals surface area (Å²) in [4.78, 5) is 12.1. The van der Waals surface area contributed by atoms with Crippen LogP contribution in [0.2, 0.25) is 0 Å². The normalized spacial score (nSPS) is 22.4. The monoisotopic (exact) mass is 200 g/mol. The molecule has 0 bridgehead atoms. The van der Waals surface area contributed by atoms with Crippen LogP contribution in [0.1, 0.15) is 27.2 Å². The van der Waals surface area contributed by atoms with Crippen molar-refractivity contribution in [3.05, 3.63) is 11.0 Å². The zero-order valence-corrected chi connectivity index (χ0v) is 9.14. The molecule has 66 valence electrons. The molecule has 0 radical (unpaired) electrons. The highest BCUT2D eigenvalue weighted by Crippen LogP contribution is 2.33. The van der Waals surface area contributed by atoms with E-state index in [0.29, 0.717) is 6.42 Å². The Morgan fingerprint density at radius 1 is 1.50 bits per heavy atom. The summed E-state index contributed by atoms with van der Waals surface area (Å²) in [5.41, 5.74) is 0.0674. The van der Waals surface area contributed by atoms with Gasteiger partial charge in [0.15, 0.2) is 5.78 Å². The number of hydrogen-bond donors (Lipinski definition) is 0. The van der Waals surface area contributed by atoms with Gasteiger partial charge in [0.1, 0.15) is 0 Å². The second-order valence-electron chi connectivity index (χ2n) is 3.95. The molecule has 0 atom stereocenters. The fraction of sp³-hybridized carbons (Fsp3) is 0.556. The van der Waals surface area contributed by atoms with E-state index in [1.54, 1.807) is 0 Å². The van der Waals surface area contributed by atoms with E-state index in [4.69, 9.17) is 12.2 Å². The Kier molecular flexibility index (Phi) is 2.74. The van der Waals surface area contributed by atoms with E-state index in [-0.39, 0.29) is 11.2 Å². The predicted octanol–water partition coefficient (Wildman–Crippen LogP) is 2.95. The molecule has 0 amide bonds. The number of ketones is 1. The lowest BCUT2D eigenvalue weighted by atomic mass is 9.95. The molecule has 0 N–H and O–H groups in total. The van der Waals surface area contributed by atoms with E-state index in [9.17, 15) is 4.79 Å². The average Bonchev–Trinajstić information content (AvgIpc) is 2.06. The fourth-order valence-corrected chi connectivity index (χ4v) is 2.38. The minimum atomic E-state index is 0.0674. The summed E-state index contributed by atoms with van der Waals surface area (Å²) in [7, 11) is 0. The molecule has 12 heavy (non-hydrogen) atoms. The second-order valence-corrected chi connectivity index (χ2v) is 5.84. The predicted molar refractivity (Wildman–Crippen MR) is 57.4 cm³/mol. The van der Waals surface area contributed by atoms with Crippen LogP contribution < -0.4 is 0 Å². The van der Waals surface area contributed by atoms with Crippen molar-refractivity contribution in [3.63, 3.8) is 0 Å². The van der Waals surface area contributed by atoms with Crippen LogP contribution in [0.15, 0.2) is 11.0 Å². The summed E-state index contributed by atoms with van der Waals surface area (Å²) >= 11 is 6.41. The molecule has 3 heteroatoms. The molecule has 1 nitrogen and oxygen atoms in total. The molecule has 0 spiro atoms. The van der Waals surface area contributed by atoms with Gasteiger partial charge in [0.2, 0.25) is 0 Å². The molecule has 1 aliphatic heterocycles. The Morgan fingerprint density at radius 3 is 2.42 bits per heavy atom. The number of carbonyl (C=O) groups is 1. The number of thiocarbonyl (C=S) groups is 1. The van der Waals surface area contributed by atoms with Crippen LogP contribution in [0, 0.1) is 5.41 Å². The Morgan fingerprint density at radius 2 is 2.08 bits per heavy atom.